The number of likely N-dealkylation sites (tertiary alicyclic amines) is 1. The van der Waals surface area contributed by atoms with E-state index in [2.05, 4.69) is 57.0 Å². The Morgan fingerprint density at radius 3 is 2.50 bits per heavy atom. The summed E-state index contributed by atoms with van der Waals surface area (Å²) in [4.78, 5) is 18.9. The van der Waals surface area contributed by atoms with Gasteiger partial charge in [0, 0.05) is 32.1 Å². The normalized spacial score (nSPS) is 17.5. The van der Waals surface area contributed by atoms with E-state index in [9.17, 15) is 4.79 Å². The third kappa shape index (κ3) is 7.50. The first kappa shape index (κ1) is 20.6. The summed E-state index contributed by atoms with van der Waals surface area (Å²) in [6.45, 7) is 7.80. The number of benzene rings is 1. The molecule has 0 atom stereocenters. The second-order valence-corrected chi connectivity index (χ2v) is 7.87. The Labute approximate surface area is 169 Å². The minimum absolute atomic E-state index is 0.167. The highest BCUT2D eigenvalue weighted by Gasteiger charge is 2.22. The molecule has 6 heteroatoms. The molecule has 1 aromatic rings. The van der Waals surface area contributed by atoms with E-state index in [1.165, 1.54) is 37.1 Å². The lowest BCUT2D eigenvalue weighted by molar-refractivity contribution is -0.121. The zero-order chi connectivity index (χ0) is 19.6. The van der Waals surface area contributed by atoms with Gasteiger partial charge in [0.2, 0.25) is 5.91 Å². The van der Waals surface area contributed by atoms with Crippen LogP contribution in [0.2, 0.25) is 0 Å². The van der Waals surface area contributed by atoms with Crippen LogP contribution in [0.15, 0.2) is 29.3 Å². The Hall–Kier alpha value is -2.08. The van der Waals surface area contributed by atoms with Gasteiger partial charge in [-0.1, -0.05) is 24.3 Å². The van der Waals surface area contributed by atoms with Crippen molar-refractivity contribution in [3.63, 3.8) is 0 Å². The summed E-state index contributed by atoms with van der Waals surface area (Å²) < 4.78 is 0. The highest BCUT2D eigenvalue weighted by Crippen LogP contribution is 2.18. The maximum atomic E-state index is 11.7. The molecule has 1 aliphatic carbocycles. The molecule has 1 saturated carbocycles. The van der Waals surface area contributed by atoms with Crippen LogP contribution >= 0.6 is 0 Å². The topological polar surface area (TPSA) is 68.8 Å². The average molecular weight is 386 g/mol. The van der Waals surface area contributed by atoms with E-state index >= 15 is 0 Å². The smallest absolute Gasteiger partial charge is 0.220 e. The molecule has 154 valence electrons. The van der Waals surface area contributed by atoms with Gasteiger partial charge in [-0.3, -0.25) is 9.69 Å². The lowest BCUT2D eigenvalue weighted by atomic mass is 10.1. The number of rotatable bonds is 10. The average Bonchev–Trinajstić information content (AvgIpc) is 3.36. The number of hydrogen-bond acceptors (Lipinski definition) is 3. The minimum Gasteiger partial charge on any atom is -0.357 e. The van der Waals surface area contributed by atoms with Crippen LogP contribution in [0.25, 0.3) is 0 Å². The summed E-state index contributed by atoms with van der Waals surface area (Å²) in [7, 11) is 0. The van der Waals surface area contributed by atoms with E-state index in [4.69, 9.17) is 0 Å². The van der Waals surface area contributed by atoms with Gasteiger partial charge in [-0.05, 0) is 63.2 Å². The van der Waals surface area contributed by atoms with Crippen LogP contribution in [0.3, 0.4) is 0 Å². The Morgan fingerprint density at radius 1 is 1.11 bits per heavy atom. The van der Waals surface area contributed by atoms with Gasteiger partial charge in [0.1, 0.15) is 0 Å². The second kappa shape index (κ2) is 11.1. The van der Waals surface area contributed by atoms with Crippen molar-refractivity contribution in [2.45, 2.75) is 64.6 Å². The second-order valence-electron chi connectivity index (χ2n) is 7.87. The van der Waals surface area contributed by atoms with Crippen molar-refractivity contribution < 1.29 is 4.79 Å². The van der Waals surface area contributed by atoms with Crippen LogP contribution in [0, 0.1) is 0 Å². The van der Waals surface area contributed by atoms with Crippen LogP contribution in [0.1, 0.15) is 56.6 Å². The number of carbonyl (C=O) groups is 1. The fraction of sp³-hybridized carbons (Fsp3) is 0.636. The maximum absolute atomic E-state index is 11.7. The van der Waals surface area contributed by atoms with Gasteiger partial charge < -0.3 is 16.0 Å². The summed E-state index contributed by atoms with van der Waals surface area (Å²) in [6.07, 6.45) is 6.33. The van der Waals surface area contributed by atoms with Crippen molar-refractivity contribution in [2.24, 2.45) is 4.99 Å². The van der Waals surface area contributed by atoms with Gasteiger partial charge in [-0.15, -0.1) is 0 Å². The SMILES string of the molecule is CCNC(=NCc1ccc(CN2CCCC2)cc1)NCCCC(=O)NC1CC1. The maximum Gasteiger partial charge on any atom is 0.220 e. The Kier molecular flexibility index (Phi) is 8.15. The fourth-order valence-corrected chi connectivity index (χ4v) is 3.44. The largest absolute Gasteiger partial charge is 0.357 e. The molecular formula is C22H35N5O. The molecule has 6 nitrogen and oxygen atoms in total. The number of nitrogens with one attached hydrogen (secondary N) is 3. The summed E-state index contributed by atoms with van der Waals surface area (Å²) >= 11 is 0. The van der Waals surface area contributed by atoms with E-state index in [0.717, 1.165) is 44.9 Å². The summed E-state index contributed by atoms with van der Waals surface area (Å²) in [5.41, 5.74) is 2.59. The van der Waals surface area contributed by atoms with E-state index < -0.39 is 0 Å². The number of guanidine groups is 1. The van der Waals surface area contributed by atoms with Gasteiger partial charge >= 0.3 is 0 Å². The van der Waals surface area contributed by atoms with Crippen molar-refractivity contribution in [1.29, 1.82) is 0 Å². The van der Waals surface area contributed by atoms with Gasteiger partial charge in [0.25, 0.3) is 0 Å². The molecule has 1 amide bonds. The first-order chi connectivity index (χ1) is 13.7. The van der Waals surface area contributed by atoms with Gasteiger partial charge in [-0.25, -0.2) is 4.99 Å². The molecule has 1 saturated heterocycles. The zero-order valence-electron chi connectivity index (χ0n) is 17.2. The first-order valence-corrected chi connectivity index (χ1v) is 10.8. The van der Waals surface area contributed by atoms with Crippen molar-refractivity contribution in [3.05, 3.63) is 35.4 Å². The first-order valence-electron chi connectivity index (χ1n) is 10.8. The standard InChI is InChI=1S/C22H35N5O/c1-2-23-22(24-13-5-6-21(28)26-20-11-12-20)25-16-18-7-9-19(10-8-18)17-27-14-3-4-15-27/h7-10,20H,2-6,11-17H2,1H3,(H,26,28)(H2,23,24,25). The van der Waals surface area contributed by atoms with Crippen molar-refractivity contribution in [2.75, 3.05) is 26.2 Å². The van der Waals surface area contributed by atoms with Crippen LogP contribution in [0.4, 0.5) is 0 Å². The molecule has 1 aliphatic heterocycles. The monoisotopic (exact) mass is 385 g/mol. The van der Waals surface area contributed by atoms with Crippen LogP contribution in [0.5, 0.6) is 0 Å². The molecule has 2 aliphatic rings. The molecule has 0 bridgehead atoms. The number of carbonyl (C=O) groups excluding carboxylic acids is 1. The predicted molar refractivity (Wildman–Crippen MR) is 114 cm³/mol. The summed E-state index contributed by atoms with van der Waals surface area (Å²) in [5, 5.41) is 9.63. The van der Waals surface area contributed by atoms with Crippen LogP contribution in [-0.2, 0) is 17.9 Å². The van der Waals surface area contributed by atoms with E-state index in [-0.39, 0.29) is 5.91 Å². The zero-order valence-corrected chi connectivity index (χ0v) is 17.2. The Bertz CT molecular complexity index is 633. The molecule has 0 radical (unpaired) electrons. The molecule has 3 rings (SSSR count). The van der Waals surface area contributed by atoms with E-state index in [0.29, 0.717) is 19.0 Å². The minimum atomic E-state index is 0.167. The predicted octanol–water partition coefficient (Wildman–Crippen LogP) is 2.40. The Balaban J connectivity index is 1.39. The Morgan fingerprint density at radius 2 is 1.82 bits per heavy atom. The van der Waals surface area contributed by atoms with Crippen molar-refractivity contribution in [3.8, 4) is 0 Å². The molecule has 1 aromatic carbocycles. The fourth-order valence-electron chi connectivity index (χ4n) is 3.44. The number of nitrogens with zero attached hydrogens (tertiary/aromatic N) is 2. The molecule has 1 heterocycles. The number of hydrogen-bond donors (Lipinski definition) is 3. The van der Waals surface area contributed by atoms with Gasteiger partial charge in [0.05, 0.1) is 6.54 Å². The lowest BCUT2D eigenvalue weighted by Gasteiger charge is -2.14. The molecule has 28 heavy (non-hydrogen) atoms. The number of amides is 1. The van der Waals surface area contributed by atoms with E-state index in [1.807, 2.05) is 0 Å². The van der Waals surface area contributed by atoms with Crippen LogP contribution < -0.4 is 16.0 Å². The molecule has 0 unspecified atom stereocenters. The molecule has 3 N–H and O–H groups in total. The van der Waals surface area contributed by atoms with E-state index in [1.54, 1.807) is 0 Å². The van der Waals surface area contributed by atoms with Crippen molar-refractivity contribution >= 4 is 11.9 Å². The molecule has 2 fully saturated rings. The molecular weight excluding hydrogens is 350 g/mol. The summed E-state index contributed by atoms with van der Waals surface area (Å²) in [6, 6.07) is 9.26. The third-order valence-corrected chi connectivity index (χ3v) is 5.21. The van der Waals surface area contributed by atoms with Crippen LogP contribution in [-0.4, -0.2) is 49.0 Å². The van der Waals surface area contributed by atoms with Crippen molar-refractivity contribution in [1.82, 2.24) is 20.9 Å². The van der Waals surface area contributed by atoms with Gasteiger partial charge in [-0.2, -0.15) is 0 Å². The molecule has 0 spiro atoms. The highest BCUT2D eigenvalue weighted by molar-refractivity contribution is 5.80. The van der Waals surface area contributed by atoms with Gasteiger partial charge in [0.15, 0.2) is 5.96 Å². The third-order valence-electron chi connectivity index (χ3n) is 5.21. The number of aliphatic imine (C=N–C) groups is 1. The molecule has 0 aromatic heterocycles. The lowest BCUT2D eigenvalue weighted by Crippen LogP contribution is -2.38. The summed E-state index contributed by atoms with van der Waals surface area (Å²) in [5.74, 6) is 0.978. The highest BCUT2D eigenvalue weighted by atomic mass is 16.1. The quantitative estimate of drug-likeness (QED) is 0.329.